The first-order valence-electron chi connectivity index (χ1n) is 7.06. The summed E-state index contributed by atoms with van der Waals surface area (Å²) in [7, 11) is 0. The Bertz CT molecular complexity index is 747. The fourth-order valence-electron chi connectivity index (χ4n) is 1.91. The van der Waals surface area contributed by atoms with Crippen LogP contribution in [0.4, 0.5) is 0 Å². The van der Waals surface area contributed by atoms with Gasteiger partial charge in [-0.1, -0.05) is 32.9 Å². The van der Waals surface area contributed by atoms with Gasteiger partial charge in [-0.2, -0.15) is 9.06 Å². The number of nitrogens with zero attached hydrogens (tertiary/aromatic N) is 6. The first-order chi connectivity index (χ1) is 10.7. The summed E-state index contributed by atoms with van der Waals surface area (Å²) in [5.41, 5.74) is 2.24. The number of hydrogen-bond acceptors (Lipinski definition) is 7. The lowest BCUT2D eigenvalue weighted by Crippen LogP contribution is -1.99. The fraction of sp³-hybridized carbons (Fsp3) is 0.357. The monoisotopic (exact) mass is 332 g/mol. The standard InChI is InChI=1S/C14H16N6S2/c1-4-12-15-14(22-17-12)21-13-16-18-19-20(13)11-7-5-10(6-8-11)9(2)3/h5-9H,4H2,1-3H3. The molecule has 0 fully saturated rings. The van der Waals surface area contributed by atoms with Crippen LogP contribution in [-0.4, -0.2) is 29.6 Å². The highest BCUT2D eigenvalue weighted by Gasteiger charge is 2.13. The molecule has 8 heteroatoms. The van der Waals surface area contributed by atoms with Crippen LogP contribution in [0.25, 0.3) is 5.69 Å². The van der Waals surface area contributed by atoms with E-state index in [0.717, 1.165) is 22.3 Å². The first kappa shape index (κ1) is 15.1. The molecule has 1 aromatic carbocycles. The third-order valence-electron chi connectivity index (χ3n) is 3.19. The van der Waals surface area contributed by atoms with Crippen molar-refractivity contribution in [2.45, 2.75) is 42.6 Å². The van der Waals surface area contributed by atoms with Crippen molar-refractivity contribution in [1.29, 1.82) is 0 Å². The molecule has 0 saturated heterocycles. The number of rotatable bonds is 5. The molecule has 0 unspecified atom stereocenters. The molecule has 0 amide bonds. The van der Waals surface area contributed by atoms with E-state index in [4.69, 9.17) is 0 Å². The van der Waals surface area contributed by atoms with Gasteiger partial charge in [0.05, 0.1) is 5.69 Å². The van der Waals surface area contributed by atoms with E-state index in [1.54, 1.807) is 4.68 Å². The Kier molecular flexibility index (Phi) is 4.49. The molecule has 6 nitrogen and oxygen atoms in total. The maximum Gasteiger partial charge on any atom is 0.221 e. The molecule has 2 heterocycles. The van der Waals surface area contributed by atoms with Gasteiger partial charge in [0.15, 0.2) is 4.34 Å². The van der Waals surface area contributed by atoms with Crippen LogP contribution in [0.2, 0.25) is 0 Å². The highest BCUT2D eigenvalue weighted by molar-refractivity contribution is 8.00. The SMILES string of the molecule is CCc1nsc(Sc2nnnn2-c2ccc(C(C)C)cc2)n1. The number of aryl methyl sites for hydroxylation is 1. The minimum Gasteiger partial charge on any atom is -0.213 e. The molecule has 0 radical (unpaired) electrons. The van der Waals surface area contributed by atoms with Crippen molar-refractivity contribution in [2.24, 2.45) is 0 Å². The van der Waals surface area contributed by atoms with Crippen LogP contribution in [0.1, 0.15) is 38.1 Å². The summed E-state index contributed by atoms with van der Waals surface area (Å²) in [6.07, 6.45) is 0.832. The van der Waals surface area contributed by atoms with Gasteiger partial charge in [0.25, 0.3) is 0 Å². The summed E-state index contributed by atoms with van der Waals surface area (Å²) in [5, 5.41) is 12.6. The lowest BCUT2D eigenvalue weighted by molar-refractivity contribution is 0.754. The van der Waals surface area contributed by atoms with Crippen LogP contribution in [-0.2, 0) is 6.42 Å². The van der Waals surface area contributed by atoms with Crippen LogP contribution < -0.4 is 0 Å². The minimum absolute atomic E-state index is 0.505. The average Bonchev–Trinajstić information content (AvgIpc) is 3.17. The Morgan fingerprint density at radius 2 is 2.00 bits per heavy atom. The number of tetrazole rings is 1. The molecule has 114 valence electrons. The van der Waals surface area contributed by atoms with E-state index < -0.39 is 0 Å². The molecule has 0 N–H and O–H groups in total. The molecule has 0 aliphatic carbocycles. The fourth-order valence-corrected chi connectivity index (χ4v) is 3.50. The van der Waals surface area contributed by atoms with Crippen LogP contribution in [0.3, 0.4) is 0 Å². The zero-order valence-electron chi connectivity index (χ0n) is 12.6. The molecule has 0 aliphatic rings. The van der Waals surface area contributed by atoms with Crippen molar-refractivity contribution in [1.82, 2.24) is 29.6 Å². The van der Waals surface area contributed by atoms with Gasteiger partial charge in [0.2, 0.25) is 5.16 Å². The number of benzene rings is 1. The van der Waals surface area contributed by atoms with Crippen molar-refractivity contribution in [3.8, 4) is 5.69 Å². The van der Waals surface area contributed by atoms with Crippen LogP contribution in [0, 0.1) is 0 Å². The van der Waals surface area contributed by atoms with Crippen molar-refractivity contribution < 1.29 is 0 Å². The molecular weight excluding hydrogens is 316 g/mol. The van der Waals surface area contributed by atoms with E-state index in [1.165, 1.54) is 28.9 Å². The molecular formula is C14H16N6S2. The Balaban J connectivity index is 1.85. The Morgan fingerprint density at radius 1 is 1.23 bits per heavy atom. The average molecular weight is 332 g/mol. The van der Waals surface area contributed by atoms with Gasteiger partial charge >= 0.3 is 0 Å². The summed E-state index contributed by atoms with van der Waals surface area (Å²) in [4.78, 5) is 4.44. The van der Waals surface area contributed by atoms with Gasteiger partial charge in [0, 0.05) is 6.42 Å². The van der Waals surface area contributed by atoms with Gasteiger partial charge in [-0.05, 0) is 57.3 Å². The smallest absolute Gasteiger partial charge is 0.213 e. The lowest BCUT2D eigenvalue weighted by atomic mass is 10.0. The molecule has 3 aromatic rings. The van der Waals surface area contributed by atoms with Gasteiger partial charge in [-0.25, -0.2) is 4.98 Å². The van der Waals surface area contributed by atoms with Gasteiger partial charge in [-0.15, -0.1) is 5.10 Å². The molecule has 0 bridgehead atoms. The molecule has 0 saturated carbocycles. The highest BCUT2D eigenvalue weighted by atomic mass is 32.2. The normalized spacial score (nSPS) is 11.3. The van der Waals surface area contributed by atoms with Crippen molar-refractivity contribution in [3.63, 3.8) is 0 Å². The van der Waals surface area contributed by atoms with E-state index in [2.05, 4.69) is 50.9 Å². The predicted octanol–water partition coefficient (Wildman–Crippen LogP) is 3.35. The largest absolute Gasteiger partial charge is 0.221 e. The Morgan fingerprint density at radius 3 is 2.64 bits per heavy atom. The summed E-state index contributed by atoms with van der Waals surface area (Å²) < 4.78 is 6.86. The van der Waals surface area contributed by atoms with Gasteiger partial charge < -0.3 is 0 Å². The van der Waals surface area contributed by atoms with E-state index >= 15 is 0 Å². The topological polar surface area (TPSA) is 69.4 Å². The first-order valence-corrected chi connectivity index (χ1v) is 8.65. The van der Waals surface area contributed by atoms with E-state index in [0.29, 0.717) is 11.1 Å². The summed E-state index contributed by atoms with van der Waals surface area (Å²) in [6.45, 7) is 6.39. The number of aromatic nitrogens is 6. The molecule has 22 heavy (non-hydrogen) atoms. The lowest BCUT2D eigenvalue weighted by Gasteiger charge is -2.07. The predicted molar refractivity (Wildman–Crippen MR) is 86.7 cm³/mol. The van der Waals surface area contributed by atoms with E-state index in [9.17, 15) is 0 Å². The van der Waals surface area contributed by atoms with Crippen molar-refractivity contribution >= 4 is 23.3 Å². The Labute approximate surface area is 137 Å². The maximum absolute atomic E-state index is 4.44. The van der Waals surface area contributed by atoms with Crippen molar-refractivity contribution in [3.05, 3.63) is 35.7 Å². The molecule has 0 atom stereocenters. The van der Waals surface area contributed by atoms with Crippen molar-refractivity contribution in [2.75, 3.05) is 0 Å². The summed E-state index contributed by atoms with van der Waals surface area (Å²) in [6, 6.07) is 8.28. The molecule has 0 aliphatic heterocycles. The third-order valence-corrected chi connectivity index (χ3v) is 4.92. The Hall–Kier alpha value is -1.80. The highest BCUT2D eigenvalue weighted by Crippen LogP contribution is 2.28. The van der Waals surface area contributed by atoms with Crippen LogP contribution >= 0.6 is 23.3 Å². The third kappa shape index (κ3) is 3.17. The molecule has 2 aromatic heterocycles. The summed E-state index contributed by atoms with van der Waals surface area (Å²) >= 11 is 2.81. The zero-order valence-corrected chi connectivity index (χ0v) is 14.2. The van der Waals surface area contributed by atoms with E-state index in [-0.39, 0.29) is 0 Å². The second-order valence-electron chi connectivity index (χ2n) is 5.05. The quantitative estimate of drug-likeness (QED) is 0.713. The second-order valence-corrected chi connectivity index (χ2v) is 7.02. The molecule has 3 rings (SSSR count). The van der Waals surface area contributed by atoms with Crippen LogP contribution in [0.5, 0.6) is 0 Å². The second kappa shape index (κ2) is 6.53. The van der Waals surface area contributed by atoms with Crippen LogP contribution in [0.15, 0.2) is 33.8 Å². The van der Waals surface area contributed by atoms with E-state index in [1.807, 2.05) is 19.1 Å². The minimum atomic E-state index is 0.505. The number of hydrogen-bond donors (Lipinski definition) is 0. The zero-order chi connectivity index (χ0) is 15.5. The summed E-state index contributed by atoms with van der Waals surface area (Å²) in [5.74, 6) is 1.36. The molecule has 0 spiro atoms. The van der Waals surface area contributed by atoms with Gasteiger partial charge in [0.1, 0.15) is 5.82 Å². The van der Waals surface area contributed by atoms with Gasteiger partial charge in [-0.3, -0.25) is 0 Å². The maximum atomic E-state index is 4.44.